The number of aromatic nitrogens is 8. The number of nitrogens with one attached hydrogen (secondary N) is 2. The van der Waals surface area contributed by atoms with Crippen molar-refractivity contribution in [3.8, 4) is 57.9 Å². The van der Waals surface area contributed by atoms with Gasteiger partial charge in [0.25, 0.3) is 5.97 Å². The topological polar surface area (TPSA) is 275 Å². The van der Waals surface area contributed by atoms with Crippen LogP contribution in [-0.2, 0) is 29.2 Å². The van der Waals surface area contributed by atoms with Gasteiger partial charge in [-0.25, -0.2) is 14.8 Å². The second-order valence-electron chi connectivity index (χ2n) is 20.9. The number of halogens is 1. The zero-order chi connectivity index (χ0) is 63.0. The summed E-state index contributed by atoms with van der Waals surface area (Å²) in [4.78, 5) is 55.2. The van der Waals surface area contributed by atoms with Crippen molar-refractivity contribution < 1.29 is 62.1 Å². The number of ether oxygens (including phenoxy) is 9. The number of carbonyl (C=O) groups is 3. The lowest BCUT2D eigenvalue weighted by atomic mass is 10.2. The molecule has 8 heterocycles. The smallest absolute Gasteiger partial charge is 0.410 e. The van der Waals surface area contributed by atoms with Gasteiger partial charge in [0.2, 0.25) is 49.3 Å². The predicted octanol–water partition coefficient (Wildman–Crippen LogP) is 9.39. The maximum atomic E-state index is 12.9. The molecule has 29 heteroatoms. The molecule has 12 rings (SSSR count). The fourth-order valence-corrected chi connectivity index (χ4v) is 9.97. The summed E-state index contributed by atoms with van der Waals surface area (Å²) in [5, 5.41) is 17.0. The average Bonchev–Trinajstić information content (AvgIpc) is 4.51. The zero-order valence-electron chi connectivity index (χ0n) is 50.2. The van der Waals surface area contributed by atoms with E-state index in [9.17, 15) is 9.59 Å². The third-order valence-corrected chi connectivity index (χ3v) is 14.9. The molecule has 4 aliphatic rings. The van der Waals surface area contributed by atoms with Crippen LogP contribution < -0.4 is 58.3 Å². The van der Waals surface area contributed by atoms with Gasteiger partial charge in [-0.3, -0.25) is 18.7 Å². The van der Waals surface area contributed by atoms with Crippen LogP contribution in [0.4, 0.5) is 15.1 Å². The van der Waals surface area contributed by atoms with Crippen molar-refractivity contribution in [2.24, 2.45) is 0 Å². The molecule has 0 fully saturated rings. The van der Waals surface area contributed by atoms with Gasteiger partial charge in [-0.05, 0) is 124 Å². The van der Waals surface area contributed by atoms with Crippen molar-refractivity contribution in [2.75, 3.05) is 89.1 Å². The van der Waals surface area contributed by atoms with Crippen molar-refractivity contribution >= 4 is 67.6 Å². The Balaban J connectivity index is 0.000000161. The Morgan fingerprint density at radius 3 is 1.51 bits per heavy atom. The third kappa shape index (κ3) is 20.9. The first-order chi connectivity index (χ1) is 43.1. The largest absolute Gasteiger partial charge is 0.481 e. The van der Waals surface area contributed by atoms with E-state index in [-0.39, 0.29) is 19.7 Å². The van der Waals surface area contributed by atoms with Crippen LogP contribution in [0, 0.1) is 0 Å². The fraction of sp³-hybridized carbons (Fsp3) is 0.383. The highest BCUT2D eigenvalue weighted by Crippen LogP contribution is 2.35. The van der Waals surface area contributed by atoms with E-state index in [1.807, 2.05) is 88.4 Å². The molecule has 0 saturated heterocycles. The summed E-state index contributed by atoms with van der Waals surface area (Å²) < 4.78 is 60.2. The second kappa shape index (κ2) is 33.5. The number of rotatable bonds is 22. The van der Waals surface area contributed by atoms with Crippen molar-refractivity contribution in [3.63, 3.8) is 0 Å². The molecule has 4 aromatic heterocycles. The van der Waals surface area contributed by atoms with Crippen LogP contribution in [-0.4, -0.2) is 151 Å². The number of amides is 1. The molecular formula is C60H72BrN13O13S2. The number of carboxylic acids is 1. The summed E-state index contributed by atoms with van der Waals surface area (Å²) in [6.45, 7) is 14.0. The van der Waals surface area contributed by atoms with Crippen molar-refractivity contribution in [2.45, 2.75) is 72.2 Å². The van der Waals surface area contributed by atoms with Crippen LogP contribution in [0.3, 0.4) is 0 Å². The van der Waals surface area contributed by atoms with Gasteiger partial charge in [0.15, 0.2) is 46.0 Å². The van der Waals surface area contributed by atoms with E-state index in [1.165, 1.54) is 34.2 Å². The van der Waals surface area contributed by atoms with E-state index in [4.69, 9.17) is 52.5 Å². The van der Waals surface area contributed by atoms with Crippen molar-refractivity contribution in [1.29, 1.82) is 0 Å². The molecule has 0 spiro atoms. The van der Waals surface area contributed by atoms with Crippen LogP contribution in [0.15, 0.2) is 110 Å². The maximum Gasteiger partial charge on any atom is 0.410 e. The Labute approximate surface area is 532 Å². The quantitative estimate of drug-likeness (QED) is 0.0324. The van der Waals surface area contributed by atoms with Gasteiger partial charge in [0, 0.05) is 119 Å². The highest BCUT2D eigenvalue weighted by molar-refractivity contribution is 9.09. The molecule has 0 unspecified atom stereocenters. The summed E-state index contributed by atoms with van der Waals surface area (Å²) in [5.74, 6) is 6.54. The minimum absolute atomic E-state index is 0.217. The molecule has 3 N–H and O–H groups in total. The molecule has 8 aromatic rings. The van der Waals surface area contributed by atoms with Crippen LogP contribution in [0.2, 0.25) is 0 Å². The van der Waals surface area contributed by atoms with E-state index in [1.54, 1.807) is 63.5 Å². The SMILES string of the molecule is BrCCCNCc1ccc2c(c1)OCO2.CC(=O)O.CN(CCCN(Cc1ccc2c(c1)OCO2)C(=O)OC(C)(C)C)c1nc(-n2ccnc2)ns1.CN(CCCNCc1ccc2c(c1)OCO2)c1nc(-n2ccnc2)ns1.O=Cc1ccc2c(c1)OCO2. The Bertz CT molecular complexity index is 3490. The fourth-order valence-electron chi connectivity index (χ4n) is 8.39. The lowest BCUT2D eigenvalue weighted by Crippen LogP contribution is -2.38. The molecule has 0 saturated carbocycles. The van der Waals surface area contributed by atoms with Gasteiger partial charge in [0.1, 0.15) is 24.5 Å². The highest BCUT2D eigenvalue weighted by Gasteiger charge is 2.24. The summed E-state index contributed by atoms with van der Waals surface area (Å²) in [7, 11) is 4.00. The molecule has 89 heavy (non-hydrogen) atoms. The number of nitrogens with zero attached hydrogens (tertiary/aromatic N) is 11. The number of carboxylic acid groups (broad SMARTS) is 1. The standard InChI is InChI=1S/C22H28N6O4S.C17H20N6O2S.C11H14BrNO2.C8H6O3.C2H4O2/c1-22(2,3)32-21(29)27(13-16-6-7-17-18(12-16)31-15-30-17)10-5-9-26(4)20-24-19(25-33-20)28-11-8-23-14-28;1-22(17-20-16(21-26-17)23-8-6-19-11-23)7-2-5-18-10-13-3-4-14-15(9-13)25-12-24-14;12-4-1-5-13-7-9-2-3-10-11(6-9)15-8-14-10;9-4-6-1-2-7-8(3-6)11-5-10-7;1-2(3)4/h6-8,11-12,14H,5,9-10,13,15H2,1-4H3;3-4,6,8-9,11,18H,2,5,7,10,12H2,1H3;2-3,6,13H,1,4-5,7-8H2;1-4H,5H2;1H3,(H,3,4). The van der Waals surface area contributed by atoms with E-state index in [0.29, 0.717) is 67.9 Å². The number of hydrogen-bond acceptors (Lipinski definition) is 24. The summed E-state index contributed by atoms with van der Waals surface area (Å²) in [6, 6.07) is 22.9. The van der Waals surface area contributed by atoms with E-state index in [0.717, 1.165) is 115 Å². The second-order valence-corrected chi connectivity index (χ2v) is 23.1. The first kappa shape index (κ1) is 66.2. The number of hydrogen-bond donors (Lipinski definition) is 3. The molecule has 4 aromatic carbocycles. The molecule has 0 aliphatic carbocycles. The molecule has 0 radical (unpaired) electrons. The van der Waals surface area contributed by atoms with Gasteiger partial charge >= 0.3 is 6.09 Å². The molecule has 0 bridgehead atoms. The number of imidazole rings is 2. The van der Waals surface area contributed by atoms with Gasteiger partial charge < -0.3 is 73.1 Å². The summed E-state index contributed by atoms with van der Waals surface area (Å²) in [5.41, 5.74) is 3.41. The van der Waals surface area contributed by atoms with Gasteiger partial charge in [-0.1, -0.05) is 34.1 Å². The normalized spacial score (nSPS) is 12.4. The summed E-state index contributed by atoms with van der Waals surface area (Å²) in [6.07, 6.45) is 13.8. The first-order valence-corrected chi connectivity index (χ1v) is 31.0. The highest BCUT2D eigenvalue weighted by atomic mass is 79.9. The van der Waals surface area contributed by atoms with Crippen LogP contribution in [0.5, 0.6) is 46.0 Å². The zero-order valence-corrected chi connectivity index (χ0v) is 53.5. The lowest BCUT2D eigenvalue weighted by molar-refractivity contribution is -0.134. The Hall–Kier alpha value is -8.77. The number of carbonyl (C=O) groups excluding carboxylic acids is 2. The Morgan fingerprint density at radius 2 is 1.06 bits per heavy atom. The molecule has 26 nitrogen and oxygen atoms in total. The van der Waals surface area contributed by atoms with E-state index < -0.39 is 11.6 Å². The Morgan fingerprint density at radius 1 is 0.629 bits per heavy atom. The molecule has 1 amide bonds. The molecule has 474 valence electrons. The van der Waals surface area contributed by atoms with E-state index in [2.05, 4.69) is 72.3 Å². The number of aldehydes is 1. The first-order valence-electron chi connectivity index (χ1n) is 28.3. The maximum absolute atomic E-state index is 12.9. The van der Waals surface area contributed by atoms with Gasteiger partial charge in [-0.15, -0.1) is 0 Å². The number of anilines is 2. The van der Waals surface area contributed by atoms with Gasteiger partial charge in [0.05, 0.1) is 0 Å². The molecule has 4 aliphatic heterocycles. The molecule has 0 atom stereocenters. The number of benzene rings is 4. The van der Waals surface area contributed by atoms with Gasteiger partial charge in [-0.2, -0.15) is 18.7 Å². The average molecular weight is 1330 g/mol. The minimum Gasteiger partial charge on any atom is -0.481 e. The van der Waals surface area contributed by atoms with Crippen molar-refractivity contribution in [3.05, 3.63) is 132 Å². The molecular weight excluding hydrogens is 1250 g/mol. The summed E-state index contributed by atoms with van der Waals surface area (Å²) >= 11 is 6.13. The minimum atomic E-state index is -0.833. The van der Waals surface area contributed by atoms with E-state index >= 15 is 0 Å². The third-order valence-electron chi connectivity index (χ3n) is 12.7. The number of aliphatic carboxylic acids is 1. The lowest BCUT2D eigenvalue weighted by Gasteiger charge is -2.28. The predicted molar refractivity (Wildman–Crippen MR) is 337 cm³/mol. The number of alkyl halides is 1. The van der Waals surface area contributed by atoms with Crippen LogP contribution in [0.25, 0.3) is 11.9 Å². The number of fused-ring (bicyclic) bond motifs is 4. The van der Waals surface area contributed by atoms with Crippen LogP contribution >= 0.6 is 39.0 Å². The monoisotopic (exact) mass is 1330 g/mol. The Kier molecular flexibility index (Phi) is 24.9. The van der Waals surface area contributed by atoms with Crippen LogP contribution in [0.1, 0.15) is 74.0 Å². The van der Waals surface area contributed by atoms with Crippen molar-refractivity contribution in [1.82, 2.24) is 53.4 Å².